The molecule has 1 aromatic heterocycles. The van der Waals surface area contributed by atoms with Gasteiger partial charge in [-0.1, -0.05) is 27.7 Å². The number of hydrogen-bond donors (Lipinski definition) is 0. The summed E-state index contributed by atoms with van der Waals surface area (Å²) >= 11 is 0. The molecule has 1 rings (SSSR count). The first kappa shape index (κ1) is 16.6. The third kappa shape index (κ3) is 5.68. The number of carbonyl (C=O) groups is 1. The van der Waals surface area contributed by atoms with Crippen LogP contribution in [0.25, 0.3) is 0 Å². The predicted molar refractivity (Wildman–Crippen MR) is 79.0 cm³/mol. The minimum absolute atomic E-state index is 0.0567. The molecule has 0 aromatic carbocycles. The molecule has 0 fully saturated rings. The first-order valence-electron chi connectivity index (χ1n) is 7.31. The molecule has 1 heterocycles. The Hall–Kier alpha value is -1.45. The van der Waals surface area contributed by atoms with E-state index in [2.05, 4.69) is 32.7 Å². The molecule has 0 saturated heterocycles. The van der Waals surface area contributed by atoms with Crippen LogP contribution in [0.15, 0.2) is 18.3 Å². The highest BCUT2D eigenvalue weighted by Gasteiger charge is 2.16. The number of amides is 1. The smallest absolute Gasteiger partial charge is 0.255 e. The van der Waals surface area contributed by atoms with Crippen molar-refractivity contribution >= 4 is 5.91 Å². The van der Waals surface area contributed by atoms with Crippen LogP contribution in [0.1, 0.15) is 50.9 Å². The summed E-state index contributed by atoms with van der Waals surface area (Å²) in [5.74, 6) is 0.489. The molecule has 0 unspecified atom stereocenters. The van der Waals surface area contributed by atoms with E-state index in [4.69, 9.17) is 0 Å². The molecule has 0 saturated carbocycles. The minimum atomic E-state index is -0.558. The molecule has 0 aliphatic heterocycles. The number of pyridine rings is 1. The maximum atomic E-state index is 12.8. The molecule has 112 valence electrons. The second kappa shape index (κ2) is 7.98. The normalized spacial score (nSPS) is 11.2. The Labute approximate surface area is 121 Å². The lowest BCUT2D eigenvalue weighted by Gasteiger charge is -2.24. The zero-order valence-corrected chi connectivity index (χ0v) is 12.9. The lowest BCUT2D eigenvalue weighted by molar-refractivity contribution is 0.0740. The van der Waals surface area contributed by atoms with Crippen LogP contribution in [0.2, 0.25) is 0 Å². The topological polar surface area (TPSA) is 33.2 Å². The van der Waals surface area contributed by atoms with Crippen LogP contribution in [0.3, 0.4) is 0 Å². The largest absolute Gasteiger partial charge is 0.339 e. The molecule has 1 aromatic rings. The Kier molecular flexibility index (Phi) is 6.62. The van der Waals surface area contributed by atoms with Gasteiger partial charge in [0.15, 0.2) is 0 Å². The van der Waals surface area contributed by atoms with Gasteiger partial charge in [0.2, 0.25) is 5.95 Å². The number of aromatic nitrogens is 1. The average Bonchev–Trinajstić information content (AvgIpc) is 2.38. The van der Waals surface area contributed by atoms with Gasteiger partial charge in [0.1, 0.15) is 0 Å². The molecule has 0 bridgehead atoms. The summed E-state index contributed by atoms with van der Waals surface area (Å²) < 4.78 is 12.8. The van der Waals surface area contributed by atoms with Gasteiger partial charge in [0, 0.05) is 19.3 Å². The maximum absolute atomic E-state index is 12.8. The summed E-state index contributed by atoms with van der Waals surface area (Å²) in [5.41, 5.74) is 0.457. The van der Waals surface area contributed by atoms with Gasteiger partial charge >= 0.3 is 0 Å². The van der Waals surface area contributed by atoms with Gasteiger partial charge < -0.3 is 4.90 Å². The fraction of sp³-hybridized carbons (Fsp3) is 0.625. The summed E-state index contributed by atoms with van der Waals surface area (Å²) in [7, 11) is 0. The van der Waals surface area contributed by atoms with Crippen molar-refractivity contribution < 1.29 is 9.18 Å². The van der Waals surface area contributed by atoms with Crippen LogP contribution in [-0.2, 0) is 0 Å². The Balaban J connectivity index is 2.74. The highest BCUT2D eigenvalue weighted by atomic mass is 19.1. The third-order valence-corrected chi connectivity index (χ3v) is 3.21. The fourth-order valence-corrected chi connectivity index (χ4v) is 1.83. The second-order valence-corrected chi connectivity index (χ2v) is 6.03. The monoisotopic (exact) mass is 280 g/mol. The number of halogens is 1. The van der Waals surface area contributed by atoms with E-state index in [9.17, 15) is 9.18 Å². The Bertz CT molecular complexity index is 403. The third-order valence-electron chi connectivity index (χ3n) is 3.21. The molecule has 0 radical (unpaired) electrons. The number of nitrogens with zero attached hydrogens (tertiary/aromatic N) is 2. The van der Waals surface area contributed by atoms with Crippen molar-refractivity contribution in [3.05, 3.63) is 29.8 Å². The quantitative estimate of drug-likeness (QED) is 0.713. The van der Waals surface area contributed by atoms with Crippen molar-refractivity contribution in [2.45, 2.75) is 40.5 Å². The summed E-state index contributed by atoms with van der Waals surface area (Å²) in [6.07, 6.45) is 3.26. The highest BCUT2D eigenvalue weighted by molar-refractivity contribution is 5.93. The standard InChI is InChI=1S/C16H25FN2O/c1-12(2)7-9-19(10-8-13(3)4)16(20)14-5-6-15(17)18-11-14/h5-6,11-13H,7-10H2,1-4H3. The lowest BCUT2D eigenvalue weighted by atomic mass is 10.1. The van der Waals surface area contributed by atoms with E-state index in [-0.39, 0.29) is 5.91 Å². The molecular weight excluding hydrogens is 255 g/mol. The Morgan fingerprint density at radius 1 is 1.15 bits per heavy atom. The summed E-state index contributed by atoms with van der Waals surface area (Å²) in [4.78, 5) is 17.9. The fourth-order valence-electron chi connectivity index (χ4n) is 1.83. The Morgan fingerprint density at radius 2 is 1.70 bits per heavy atom. The van der Waals surface area contributed by atoms with Crippen LogP contribution in [-0.4, -0.2) is 28.9 Å². The van der Waals surface area contributed by atoms with Crippen LogP contribution < -0.4 is 0 Å². The lowest BCUT2D eigenvalue weighted by Crippen LogP contribution is -2.34. The van der Waals surface area contributed by atoms with Crippen molar-refractivity contribution in [3.63, 3.8) is 0 Å². The van der Waals surface area contributed by atoms with E-state index in [0.29, 0.717) is 17.4 Å². The van der Waals surface area contributed by atoms with Crippen LogP contribution in [0.4, 0.5) is 4.39 Å². The molecular formula is C16H25FN2O. The molecule has 0 aliphatic carbocycles. The van der Waals surface area contributed by atoms with E-state index in [1.807, 2.05) is 4.90 Å². The molecule has 0 atom stereocenters. The van der Waals surface area contributed by atoms with Crippen LogP contribution in [0, 0.1) is 17.8 Å². The second-order valence-electron chi connectivity index (χ2n) is 6.03. The van der Waals surface area contributed by atoms with E-state index >= 15 is 0 Å². The summed E-state index contributed by atoms with van der Waals surface area (Å²) in [6, 6.07) is 2.73. The SMILES string of the molecule is CC(C)CCN(CCC(C)C)C(=O)c1ccc(F)nc1. The van der Waals surface area contributed by atoms with Crippen molar-refractivity contribution in [2.24, 2.45) is 11.8 Å². The van der Waals surface area contributed by atoms with Crippen molar-refractivity contribution in [1.29, 1.82) is 0 Å². The molecule has 0 spiro atoms. The molecule has 0 aliphatic rings. The molecule has 3 nitrogen and oxygen atoms in total. The zero-order chi connectivity index (χ0) is 15.1. The van der Waals surface area contributed by atoms with E-state index in [0.717, 1.165) is 25.9 Å². The van der Waals surface area contributed by atoms with Crippen molar-refractivity contribution in [2.75, 3.05) is 13.1 Å². The molecule has 4 heteroatoms. The summed E-state index contributed by atoms with van der Waals surface area (Å²) in [5, 5.41) is 0. The molecule has 1 amide bonds. The first-order chi connectivity index (χ1) is 9.40. The van der Waals surface area contributed by atoms with Crippen molar-refractivity contribution in [3.8, 4) is 0 Å². The van der Waals surface area contributed by atoms with Gasteiger partial charge in [-0.05, 0) is 36.8 Å². The maximum Gasteiger partial charge on any atom is 0.255 e. The molecule has 0 N–H and O–H groups in total. The van der Waals surface area contributed by atoms with Gasteiger partial charge in [-0.15, -0.1) is 0 Å². The number of carbonyl (C=O) groups excluding carboxylic acids is 1. The van der Waals surface area contributed by atoms with E-state index in [1.165, 1.54) is 18.3 Å². The van der Waals surface area contributed by atoms with E-state index < -0.39 is 5.95 Å². The molecule has 20 heavy (non-hydrogen) atoms. The highest BCUT2D eigenvalue weighted by Crippen LogP contribution is 2.11. The Morgan fingerprint density at radius 3 is 2.10 bits per heavy atom. The van der Waals surface area contributed by atoms with Crippen LogP contribution in [0.5, 0.6) is 0 Å². The van der Waals surface area contributed by atoms with Crippen molar-refractivity contribution in [1.82, 2.24) is 9.88 Å². The van der Waals surface area contributed by atoms with Gasteiger partial charge in [0.05, 0.1) is 5.56 Å². The first-order valence-corrected chi connectivity index (χ1v) is 7.31. The van der Waals surface area contributed by atoms with Gasteiger partial charge in [0.25, 0.3) is 5.91 Å². The van der Waals surface area contributed by atoms with Gasteiger partial charge in [-0.25, -0.2) is 4.98 Å². The predicted octanol–water partition coefficient (Wildman–Crippen LogP) is 3.76. The van der Waals surface area contributed by atoms with Gasteiger partial charge in [-0.3, -0.25) is 4.79 Å². The van der Waals surface area contributed by atoms with E-state index in [1.54, 1.807) is 0 Å². The summed E-state index contributed by atoms with van der Waals surface area (Å²) in [6.45, 7) is 10.0. The number of hydrogen-bond acceptors (Lipinski definition) is 2. The van der Waals surface area contributed by atoms with Crippen LogP contribution >= 0.6 is 0 Å². The zero-order valence-electron chi connectivity index (χ0n) is 12.9. The van der Waals surface area contributed by atoms with Gasteiger partial charge in [-0.2, -0.15) is 4.39 Å². The minimum Gasteiger partial charge on any atom is -0.339 e. The number of rotatable bonds is 7. The average molecular weight is 280 g/mol.